The summed E-state index contributed by atoms with van der Waals surface area (Å²) in [4.78, 5) is 3.86. The lowest BCUT2D eigenvalue weighted by atomic mass is 10.3. The number of halogens is 1. The van der Waals surface area contributed by atoms with Gasteiger partial charge in [0, 0.05) is 37.4 Å². The molecule has 1 saturated heterocycles. The van der Waals surface area contributed by atoms with Crippen LogP contribution in [0.3, 0.4) is 0 Å². The fourth-order valence-electron chi connectivity index (χ4n) is 2.02. The summed E-state index contributed by atoms with van der Waals surface area (Å²) in [6, 6.07) is 7.62. The van der Waals surface area contributed by atoms with Crippen LogP contribution in [0.4, 0.5) is 0 Å². The van der Waals surface area contributed by atoms with E-state index in [0.717, 1.165) is 13.1 Å². The number of rotatable bonds is 3. The molecule has 5 nitrogen and oxygen atoms in total. The smallest absolute Gasteiger partial charge is 0.218 e. The zero-order valence-corrected chi connectivity index (χ0v) is 13.2. The van der Waals surface area contributed by atoms with E-state index >= 15 is 0 Å². The summed E-state index contributed by atoms with van der Waals surface area (Å²) in [6.45, 7) is 3.10. The van der Waals surface area contributed by atoms with Gasteiger partial charge in [0.05, 0.1) is 4.90 Å². The van der Waals surface area contributed by atoms with E-state index in [9.17, 15) is 13.7 Å². The summed E-state index contributed by atoms with van der Waals surface area (Å²) in [6.07, 6.45) is 1.44. The van der Waals surface area contributed by atoms with Crippen LogP contribution in [0.25, 0.3) is 0 Å². The Morgan fingerprint density at radius 3 is 2.33 bits per heavy atom. The molecule has 1 aromatic carbocycles. The minimum absolute atomic E-state index is 0.0776. The van der Waals surface area contributed by atoms with Crippen molar-refractivity contribution in [3.63, 3.8) is 0 Å². The van der Waals surface area contributed by atoms with Gasteiger partial charge in [0.2, 0.25) is 9.84 Å². The minimum atomic E-state index is -3.79. The van der Waals surface area contributed by atoms with Gasteiger partial charge in [-0.3, -0.25) is 0 Å². The summed E-state index contributed by atoms with van der Waals surface area (Å²) in [5.41, 5.74) is 0. The lowest BCUT2D eigenvalue weighted by Crippen LogP contribution is -2.42. The summed E-state index contributed by atoms with van der Waals surface area (Å²) in [5, 5.41) is 9.65. The maximum Gasteiger partial charge on any atom is 0.218 e. The van der Waals surface area contributed by atoms with Gasteiger partial charge in [-0.15, -0.1) is 0 Å². The molecule has 0 aromatic heterocycles. The second-order valence-corrected chi connectivity index (χ2v) is 7.26. The predicted octanol–water partition coefficient (Wildman–Crippen LogP) is 1.73. The highest BCUT2D eigenvalue weighted by atomic mass is 35.5. The number of nitrogens with zero attached hydrogens (tertiary/aromatic N) is 3. The monoisotopic (exact) mass is 325 g/mol. The quantitative estimate of drug-likeness (QED) is 0.792. The summed E-state index contributed by atoms with van der Waals surface area (Å²) >= 11 is 5.76. The Balaban J connectivity index is 2.28. The van der Waals surface area contributed by atoms with Crippen LogP contribution in [-0.4, -0.2) is 51.4 Å². The van der Waals surface area contributed by atoms with Crippen LogP contribution >= 0.6 is 11.6 Å². The molecule has 0 bridgehead atoms. The minimum Gasteiger partial charge on any atom is -0.373 e. The second kappa shape index (κ2) is 6.48. The van der Waals surface area contributed by atoms with Crippen LogP contribution < -0.4 is 0 Å². The van der Waals surface area contributed by atoms with E-state index in [0.29, 0.717) is 18.1 Å². The summed E-state index contributed by atoms with van der Waals surface area (Å²) in [7, 11) is -1.78. The standard InChI is InChI=1S/C14H16ClN3O2S/c1-17-6-8-18(9-7-17)11-14(10-16)21(19,20)13-4-2-12(15)3-5-13/h2-5,11H,6-9H2,1H3. The van der Waals surface area contributed by atoms with Crippen molar-refractivity contribution < 1.29 is 8.42 Å². The van der Waals surface area contributed by atoms with Gasteiger partial charge in [-0.2, -0.15) is 5.26 Å². The van der Waals surface area contributed by atoms with Gasteiger partial charge in [0.25, 0.3) is 0 Å². The molecule has 7 heteroatoms. The number of piperazine rings is 1. The normalized spacial score (nSPS) is 17.6. The Kier molecular flexibility index (Phi) is 4.88. The molecule has 1 aliphatic heterocycles. The molecule has 112 valence electrons. The molecule has 0 spiro atoms. The molecule has 1 fully saturated rings. The number of likely N-dealkylation sites (N-methyl/N-ethyl adjacent to an activating group) is 1. The van der Waals surface area contributed by atoms with Gasteiger partial charge in [0.1, 0.15) is 6.07 Å². The largest absolute Gasteiger partial charge is 0.373 e. The Morgan fingerprint density at radius 2 is 1.81 bits per heavy atom. The first-order chi connectivity index (χ1) is 9.93. The fraction of sp³-hybridized carbons (Fsp3) is 0.357. The number of nitriles is 1. The molecule has 0 N–H and O–H groups in total. The molecule has 0 atom stereocenters. The van der Waals surface area contributed by atoms with E-state index in [-0.39, 0.29) is 9.80 Å². The van der Waals surface area contributed by atoms with Crippen molar-refractivity contribution in [1.29, 1.82) is 5.26 Å². The molecule has 0 saturated carbocycles. The fourth-order valence-corrected chi connectivity index (χ4v) is 3.30. The lowest BCUT2D eigenvalue weighted by Gasteiger charge is -2.31. The van der Waals surface area contributed by atoms with Crippen molar-refractivity contribution in [3.05, 3.63) is 40.4 Å². The van der Waals surface area contributed by atoms with Crippen LogP contribution in [0.15, 0.2) is 40.3 Å². The van der Waals surface area contributed by atoms with Crippen LogP contribution in [0.1, 0.15) is 0 Å². The van der Waals surface area contributed by atoms with Crippen molar-refractivity contribution in [2.75, 3.05) is 33.2 Å². The average Bonchev–Trinajstić information content (AvgIpc) is 2.47. The van der Waals surface area contributed by atoms with Crippen molar-refractivity contribution in [1.82, 2.24) is 9.80 Å². The van der Waals surface area contributed by atoms with Crippen molar-refractivity contribution >= 4 is 21.4 Å². The van der Waals surface area contributed by atoms with Crippen molar-refractivity contribution in [3.8, 4) is 6.07 Å². The molecule has 21 heavy (non-hydrogen) atoms. The topological polar surface area (TPSA) is 64.4 Å². The number of hydrogen-bond acceptors (Lipinski definition) is 5. The molecule has 0 radical (unpaired) electrons. The maximum absolute atomic E-state index is 12.4. The summed E-state index contributed by atoms with van der Waals surface area (Å²) < 4.78 is 24.9. The highest BCUT2D eigenvalue weighted by molar-refractivity contribution is 7.95. The van der Waals surface area contributed by atoms with E-state index in [1.165, 1.54) is 30.5 Å². The third-order valence-electron chi connectivity index (χ3n) is 3.36. The van der Waals surface area contributed by atoms with Gasteiger partial charge < -0.3 is 9.80 Å². The first-order valence-corrected chi connectivity index (χ1v) is 8.35. The highest BCUT2D eigenvalue weighted by Gasteiger charge is 2.22. The zero-order valence-electron chi connectivity index (χ0n) is 11.7. The number of sulfone groups is 1. The predicted molar refractivity (Wildman–Crippen MR) is 81.4 cm³/mol. The zero-order chi connectivity index (χ0) is 15.5. The Bertz CT molecular complexity index is 669. The van der Waals surface area contributed by atoms with Crippen LogP contribution in [0, 0.1) is 11.3 Å². The van der Waals surface area contributed by atoms with Gasteiger partial charge in [-0.1, -0.05) is 11.6 Å². The van der Waals surface area contributed by atoms with Gasteiger partial charge in [0.15, 0.2) is 4.91 Å². The maximum atomic E-state index is 12.4. The summed E-state index contributed by atoms with van der Waals surface area (Å²) in [5.74, 6) is 0. The number of benzene rings is 1. The first kappa shape index (κ1) is 15.8. The van der Waals surface area contributed by atoms with E-state index in [4.69, 9.17) is 11.6 Å². The third-order valence-corrected chi connectivity index (χ3v) is 5.28. The van der Waals surface area contributed by atoms with E-state index in [1.54, 1.807) is 6.07 Å². The second-order valence-electron chi connectivity index (χ2n) is 4.90. The molecule has 0 unspecified atom stereocenters. The molecule has 0 aliphatic carbocycles. The van der Waals surface area contributed by atoms with Crippen molar-refractivity contribution in [2.45, 2.75) is 4.90 Å². The molecule has 2 rings (SSSR count). The Labute approximate surface area is 129 Å². The van der Waals surface area contributed by atoms with Gasteiger partial charge >= 0.3 is 0 Å². The first-order valence-electron chi connectivity index (χ1n) is 6.48. The van der Waals surface area contributed by atoms with Crippen LogP contribution in [-0.2, 0) is 9.84 Å². The van der Waals surface area contributed by atoms with E-state index < -0.39 is 9.84 Å². The molecular formula is C14H16ClN3O2S. The Hall–Kier alpha value is -1.55. The SMILES string of the molecule is CN1CCN(C=C(C#N)S(=O)(=O)c2ccc(Cl)cc2)CC1. The van der Waals surface area contributed by atoms with E-state index in [1.807, 2.05) is 11.9 Å². The van der Waals surface area contributed by atoms with Crippen LogP contribution in [0.2, 0.25) is 5.02 Å². The molecule has 1 heterocycles. The Morgan fingerprint density at radius 1 is 1.24 bits per heavy atom. The average molecular weight is 326 g/mol. The number of allylic oxidation sites excluding steroid dienone is 1. The van der Waals surface area contributed by atoms with Gasteiger partial charge in [-0.25, -0.2) is 8.42 Å². The third kappa shape index (κ3) is 3.76. The lowest BCUT2D eigenvalue weighted by molar-refractivity contribution is 0.198. The van der Waals surface area contributed by atoms with Gasteiger partial charge in [-0.05, 0) is 31.3 Å². The van der Waals surface area contributed by atoms with Crippen molar-refractivity contribution in [2.24, 2.45) is 0 Å². The molecule has 0 amide bonds. The van der Waals surface area contributed by atoms with E-state index in [2.05, 4.69) is 4.90 Å². The molecule has 1 aliphatic rings. The number of hydrogen-bond donors (Lipinski definition) is 0. The molecule has 1 aromatic rings. The molecular weight excluding hydrogens is 310 g/mol. The highest BCUT2D eigenvalue weighted by Crippen LogP contribution is 2.21. The van der Waals surface area contributed by atoms with Crippen LogP contribution in [0.5, 0.6) is 0 Å².